The van der Waals surface area contributed by atoms with E-state index in [2.05, 4.69) is 130 Å². The Morgan fingerprint density at radius 2 is 1.11 bits per heavy atom. The van der Waals surface area contributed by atoms with Crippen molar-refractivity contribution in [2.24, 2.45) is 23.7 Å². The van der Waals surface area contributed by atoms with E-state index >= 15 is 0 Å². The van der Waals surface area contributed by atoms with Crippen LogP contribution in [0.1, 0.15) is 106 Å². The van der Waals surface area contributed by atoms with Crippen molar-refractivity contribution in [3.63, 3.8) is 0 Å². The largest absolute Gasteiger partial charge is 0.478 e. The summed E-state index contributed by atoms with van der Waals surface area (Å²) in [6.07, 6.45) is 15.7. The van der Waals surface area contributed by atoms with Crippen LogP contribution in [0.5, 0.6) is 0 Å². The Morgan fingerprint density at radius 3 is 1.49 bits per heavy atom. The molecule has 1 N–H and O–H groups in total. The van der Waals surface area contributed by atoms with Gasteiger partial charge in [-0.2, -0.15) is 0 Å². The predicted molar refractivity (Wildman–Crippen MR) is 230 cm³/mol. The summed E-state index contributed by atoms with van der Waals surface area (Å²) in [6.45, 7) is 18.6. The molecule has 290 valence electrons. The summed E-state index contributed by atoms with van der Waals surface area (Å²) in [4.78, 5) is 32.0. The third-order valence-electron chi connectivity index (χ3n) is 12.5. The van der Waals surface area contributed by atoms with Gasteiger partial charge in [0.25, 0.3) is 0 Å². The maximum absolute atomic E-state index is 14.0. The van der Waals surface area contributed by atoms with E-state index in [4.69, 9.17) is 4.74 Å². The van der Waals surface area contributed by atoms with Gasteiger partial charge in [-0.25, -0.2) is 9.59 Å². The van der Waals surface area contributed by atoms with Crippen LogP contribution in [0.15, 0.2) is 71.3 Å². The van der Waals surface area contributed by atoms with Crippen LogP contribution in [0.25, 0.3) is 30.4 Å². The molecule has 0 aromatic heterocycles. The predicted octanol–water partition coefficient (Wildman–Crippen LogP) is 11.1. The Labute approximate surface area is 329 Å². The third-order valence-corrected chi connectivity index (χ3v) is 12.5. The van der Waals surface area contributed by atoms with Crippen molar-refractivity contribution in [1.29, 1.82) is 0 Å². The Morgan fingerprint density at radius 1 is 0.673 bits per heavy atom. The zero-order chi connectivity index (χ0) is 39.2. The minimum absolute atomic E-state index is 0.165. The van der Waals surface area contributed by atoms with E-state index in [-0.39, 0.29) is 29.6 Å². The highest BCUT2D eigenvalue weighted by atomic mass is 16.5. The highest BCUT2D eigenvalue weighted by Gasteiger charge is 2.47. The molecule has 4 bridgehead atoms. The number of anilines is 2. The van der Waals surface area contributed by atoms with E-state index < -0.39 is 11.9 Å². The van der Waals surface area contributed by atoms with Crippen molar-refractivity contribution in [3.8, 4) is 0 Å². The van der Waals surface area contributed by atoms with Crippen molar-refractivity contribution in [2.75, 3.05) is 42.6 Å². The quantitative estimate of drug-likeness (QED) is 0.0950. The number of carbonyl (C=O) groups is 2. The molecule has 6 nitrogen and oxygen atoms in total. The molecule has 4 aliphatic carbocycles. The van der Waals surface area contributed by atoms with E-state index in [0.29, 0.717) is 11.8 Å². The van der Waals surface area contributed by atoms with Crippen molar-refractivity contribution < 1.29 is 19.4 Å². The van der Waals surface area contributed by atoms with E-state index in [0.717, 1.165) is 96.4 Å². The van der Waals surface area contributed by atoms with Gasteiger partial charge in [-0.3, -0.25) is 0 Å². The van der Waals surface area contributed by atoms with E-state index in [9.17, 15) is 14.7 Å². The number of rotatable bonds is 15. The molecule has 0 heterocycles. The Bertz CT molecular complexity index is 1850. The third kappa shape index (κ3) is 8.69. The first-order valence-electron chi connectivity index (χ1n) is 20.7. The van der Waals surface area contributed by atoms with Gasteiger partial charge in [0.05, 0.1) is 17.8 Å². The van der Waals surface area contributed by atoms with Crippen LogP contribution < -0.4 is 9.80 Å². The number of nitrogens with zero attached hydrogens (tertiary/aromatic N) is 2. The molecule has 3 aromatic rings. The van der Waals surface area contributed by atoms with Crippen molar-refractivity contribution in [1.82, 2.24) is 0 Å². The molecule has 6 heteroatoms. The topological polar surface area (TPSA) is 70.1 Å². The van der Waals surface area contributed by atoms with Crippen LogP contribution in [0.2, 0.25) is 0 Å². The number of hydrogen-bond donors (Lipinski definition) is 1. The summed E-state index contributed by atoms with van der Waals surface area (Å²) in [5.74, 6) is 0.169. The van der Waals surface area contributed by atoms with E-state index in [1.807, 2.05) is 6.08 Å². The summed E-state index contributed by atoms with van der Waals surface area (Å²) >= 11 is 0. The summed E-state index contributed by atoms with van der Waals surface area (Å²) in [5.41, 5.74) is 10.7. The van der Waals surface area contributed by atoms with Gasteiger partial charge in [0.2, 0.25) is 0 Å². The lowest BCUT2D eigenvalue weighted by molar-refractivity contribution is -0.140. The smallest absolute Gasteiger partial charge is 0.339 e. The van der Waals surface area contributed by atoms with Crippen LogP contribution in [0.4, 0.5) is 11.4 Å². The summed E-state index contributed by atoms with van der Waals surface area (Å²) in [6, 6.07) is 19.4. The number of aliphatic carboxylic acids is 1. The number of allylic oxidation sites excluding steroid dienone is 1. The number of carboxylic acids is 1. The van der Waals surface area contributed by atoms with Crippen LogP contribution in [-0.4, -0.2) is 49.8 Å². The van der Waals surface area contributed by atoms with Gasteiger partial charge in [-0.15, -0.1) is 0 Å². The number of carboxylic acid groups (broad SMARTS) is 1. The molecule has 4 aliphatic rings. The van der Waals surface area contributed by atoms with Crippen molar-refractivity contribution >= 4 is 53.7 Å². The second-order valence-electron chi connectivity index (χ2n) is 15.6. The van der Waals surface area contributed by atoms with E-state index in [1.165, 1.54) is 17.8 Å². The molecule has 4 fully saturated rings. The summed E-state index contributed by atoms with van der Waals surface area (Å²) in [5, 5.41) is 10.9. The van der Waals surface area contributed by atoms with Gasteiger partial charge in [0.15, 0.2) is 0 Å². The minimum atomic E-state index is -1.03. The average Bonchev–Trinajstić information content (AvgIpc) is 3.17. The van der Waals surface area contributed by atoms with Crippen LogP contribution in [0.3, 0.4) is 0 Å². The van der Waals surface area contributed by atoms with Gasteiger partial charge in [0, 0.05) is 37.6 Å². The van der Waals surface area contributed by atoms with Gasteiger partial charge in [-0.05, 0) is 185 Å². The van der Waals surface area contributed by atoms with Crippen molar-refractivity contribution in [2.45, 2.75) is 80.6 Å². The molecule has 0 saturated heterocycles. The maximum Gasteiger partial charge on any atom is 0.339 e. The minimum Gasteiger partial charge on any atom is -0.478 e. The first kappa shape index (κ1) is 39.8. The molecule has 0 atom stereocenters. The summed E-state index contributed by atoms with van der Waals surface area (Å²) in [7, 11) is 0. The molecular formula is C49H60N2O4. The molecule has 3 aromatic carbocycles. The molecule has 0 radical (unpaired) electrons. The first-order valence-corrected chi connectivity index (χ1v) is 20.7. The molecule has 0 amide bonds. The second-order valence-corrected chi connectivity index (χ2v) is 15.6. The molecule has 55 heavy (non-hydrogen) atoms. The summed E-state index contributed by atoms with van der Waals surface area (Å²) < 4.78 is 5.65. The highest BCUT2D eigenvalue weighted by molar-refractivity contribution is 6.10. The SMILES string of the molecule is CCOC(=O)C(=Cc1c(C)c(/C=C/c2ccc(N(CC)CC)cc2)cc(/C=C/c2ccc(N(CC)CC)cc2)c1C)C(C(=O)O)=C1C2CC3CC(C2)CC1C3. The van der Waals surface area contributed by atoms with Gasteiger partial charge in [0.1, 0.15) is 0 Å². The zero-order valence-electron chi connectivity index (χ0n) is 34.0. The van der Waals surface area contributed by atoms with Crippen molar-refractivity contribution in [3.05, 3.63) is 110 Å². The molecule has 4 saturated carbocycles. The molecule has 0 spiro atoms. The van der Waals surface area contributed by atoms with Gasteiger partial charge in [-0.1, -0.05) is 48.6 Å². The second kappa shape index (κ2) is 17.7. The fourth-order valence-corrected chi connectivity index (χ4v) is 9.76. The molecule has 7 rings (SSSR count). The molecular weight excluding hydrogens is 681 g/mol. The van der Waals surface area contributed by atoms with Crippen LogP contribution in [0, 0.1) is 37.5 Å². The zero-order valence-corrected chi connectivity index (χ0v) is 34.0. The van der Waals surface area contributed by atoms with Crippen LogP contribution in [-0.2, 0) is 14.3 Å². The average molecular weight is 741 g/mol. The lowest BCUT2D eigenvalue weighted by Gasteiger charge is -2.52. The first-order chi connectivity index (χ1) is 26.6. The lowest BCUT2D eigenvalue weighted by atomic mass is 9.53. The number of carbonyl (C=O) groups excluding carboxylic acids is 1. The monoisotopic (exact) mass is 740 g/mol. The fraction of sp³-hybridized carbons (Fsp3) is 0.429. The normalized spacial score (nSPS) is 20.4. The highest BCUT2D eigenvalue weighted by Crippen LogP contribution is 2.57. The maximum atomic E-state index is 14.0. The van der Waals surface area contributed by atoms with E-state index in [1.54, 1.807) is 6.92 Å². The number of ether oxygens (including phenoxy) is 1. The molecule has 0 unspecified atom stereocenters. The van der Waals surface area contributed by atoms with Gasteiger partial charge >= 0.3 is 11.9 Å². The Balaban J connectivity index is 1.48. The number of hydrogen-bond acceptors (Lipinski definition) is 5. The lowest BCUT2D eigenvalue weighted by Crippen LogP contribution is -2.41. The standard InChI is InChI=1S/C49H60N2O4/c1-8-50(9-2)42-21-15-34(16-22-42)13-19-38-30-39(20-14-35-17-23-43(24-18-35)51(10-3)11-4)33(7)44(32(38)6)31-45(49(54)55-12-5)47(48(52)53)46-40-26-36-25-37(28-40)29-41(46)27-36/h13-24,30-31,36-37,40-41H,8-12,25-29H2,1-7H3,(H,52,53)/b19-13+,20-14+,45-31?,47-46?. The molecule has 0 aliphatic heterocycles. The van der Waals surface area contributed by atoms with Crippen LogP contribution >= 0.6 is 0 Å². The Kier molecular flexibility index (Phi) is 12.9. The Hall–Kier alpha value is -4.84. The van der Waals surface area contributed by atoms with Gasteiger partial charge < -0.3 is 19.6 Å². The number of benzene rings is 3. The number of esters is 1. The fourth-order valence-electron chi connectivity index (χ4n) is 9.76.